The number of rotatable bonds is 1. The van der Waals surface area contributed by atoms with Gasteiger partial charge in [0.2, 0.25) is 0 Å². The van der Waals surface area contributed by atoms with Gasteiger partial charge in [-0.25, -0.2) is 0 Å². The summed E-state index contributed by atoms with van der Waals surface area (Å²) in [5.41, 5.74) is 2.14. The molecule has 0 fully saturated rings. The Morgan fingerprint density at radius 1 is 1.29 bits per heavy atom. The number of benzene rings is 1. The van der Waals surface area contributed by atoms with Gasteiger partial charge in [-0.3, -0.25) is 4.98 Å². The number of para-hydroxylation sites is 1. The summed E-state index contributed by atoms with van der Waals surface area (Å²) in [5, 5.41) is 1.83. The summed E-state index contributed by atoms with van der Waals surface area (Å²) in [5.74, 6) is 0.505. The van der Waals surface area contributed by atoms with Crippen LogP contribution in [0.25, 0.3) is 10.9 Å². The van der Waals surface area contributed by atoms with Crippen molar-refractivity contribution >= 4 is 22.5 Å². The minimum atomic E-state index is 0.505. The Bertz CT molecular complexity index is 463. The fourth-order valence-electron chi connectivity index (χ4n) is 1.46. The number of halogens is 1. The van der Waals surface area contributed by atoms with Crippen molar-refractivity contribution in [1.29, 1.82) is 0 Å². The molecule has 1 aromatic heterocycles. The molecule has 1 heterocycles. The Labute approximate surface area is 88.7 Å². The van der Waals surface area contributed by atoms with Crippen molar-refractivity contribution in [2.24, 2.45) is 0 Å². The quantitative estimate of drug-likeness (QED) is 0.686. The van der Waals surface area contributed by atoms with Gasteiger partial charge < -0.3 is 0 Å². The molecule has 0 saturated carbocycles. The normalized spacial score (nSPS) is 11.1. The second-order valence-corrected chi connectivity index (χ2v) is 4.14. The van der Waals surface area contributed by atoms with Crippen molar-refractivity contribution in [3.8, 4) is 0 Å². The highest BCUT2D eigenvalue weighted by atomic mass is 35.5. The lowest BCUT2D eigenvalue weighted by molar-refractivity contribution is 0.862. The fourth-order valence-corrected chi connectivity index (χ4v) is 1.69. The molecule has 0 aliphatic heterocycles. The number of aromatic nitrogens is 1. The predicted octanol–water partition coefficient (Wildman–Crippen LogP) is 4.01. The molecule has 0 aliphatic carbocycles. The Kier molecular flexibility index (Phi) is 2.42. The van der Waals surface area contributed by atoms with Crippen LogP contribution >= 0.6 is 11.6 Å². The lowest BCUT2D eigenvalue weighted by atomic mass is 10.0. The highest BCUT2D eigenvalue weighted by molar-refractivity contribution is 6.35. The molecular formula is C12H12ClN. The Morgan fingerprint density at radius 3 is 2.79 bits per heavy atom. The summed E-state index contributed by atoms with van der Waals surface area (Å²) >= 11 is 6.03. The van der Waals surface area contributed by atoms with Crippen LogP contribution in [0.4, 0.5) is 0 Å². The number of fused-ring (bicyclic) bond motifs is 1. The summed E-state index contributed by atoms with van der Waals surface area (Å²) in [6.07, 6.45) is 1.90. The molecule has 0 saturated heterocycles. The van der Waals surface area contributed by atoms with E-state index in [2.05, 4.69) is 24.9 Å². The zero-order chi connectivity index (χ0) is 10.1. The van der Waals surface area contributed by atoms with E-state index in [4.69, 9.17) is 11.6 Å². The topological polar surface area (TPSA) is 12.9 Å². The van der Waals surface area contributed by atoms with E-state index in [-0.39, 0.29) is 0 Å². The van der Waals surface area contributed by atoms with Crippen LogP contribution in [0.1, 0.15) is 25.3 Å². The highest BCUT2D eigenvalue weighted by Gasteiger charge is 2.03. The second-order valence-electron chi connectivity index (χ2n) is 3.73. The molecule has 2 heteroatoms. The first kappa shape index (κ1) is 9.47. The molecular weight excluding hydrogens is 194 g/mol. The third-order valence-electron chi connectivity index (χ3n) is 2.35. The van der Waals surface area contributed by atoms with Crippen molar-refractivity contribution in [1.82, 2.24) is 4.98 Å². The van der Waals surface area contributed by atoms with Gasteiger partial charge in [0, 0.05) is 11.6 Å². The molecule has 0 spiro atoms. The van der Waals surface area contributed by atoms with E-state index in [1.54, 1.807) is 0 Å². The third-order valence-corrected chi connectivity index (χ3v) is 2.65. The first-order chi connectivity index (χ1) is 6.68. The zero-order valence-corrected chi connectivity index (χ0v) is 9.05. The van der Waals surface area contributed by atoms with Gasteiger partial charge in [-0.15, -0.1) is 0 Å². The maximum atomic E-state index is 6.03. The Hall–Kier alpha value is -1.08. The van der Waals surface area contributed by atoms with Crippen LogP contribution in [-0.2, 0) is 0 Å². The van der Waals surface area contributed by atoms with Gasteiger partial charge in [0.15, 0.2) is 0 Å². The summed E-state index contributed by atoms with van der Waals surface area (Å²) < 4.78 is 0. The molecule has 2 rings (SSSR count). The van der Waals surface area contributed by atoms with E-state index < -0.39 is 0 Å². The van der Waals surface area contributed by atoms with Gasteiger partial charge >= 0.3 is 0 Å². The molecule has 0 atom stereocenters. The van der Waals surface area contributed by atoms with Crippen molar-refractivity contribution in [3.05, 3.63) is 41.0 Å². The van der Waals surface area contributed by atoms with Gasteiger partial charge in [0.25, 0.3) is 0 Å². The minimum absolute atomic E-state index is 0.505. The monoisotopic (exact) mass is 205 g/mol. The van der Waals surface area contributed by atoms with Crippen LogP contribution in [-0.4, -0.2) is 4.98 Å². The molecule has 1 aromatic carbocycles. The van der Waals surface area contributed by atoms with E-state index >= 15 is 0 Å². The summed E-state index contributed by atoms with van der Waals surface area (Å²) in [6.45, 7) is 4.32. The Morgan fingerprint density at radius 2 is 2.07 bits per heavy atom. The van der Waals surface area contributed by atoms with Crippen LogP contribution in [0.5, 0.6) is 0 Å². The van der Waals surface area contributed by atoms with E-state index in [0.717, 1.165) is 15.9 Å². The molecule has 72 valence electrons. The van der Waals surface area contributed by atoms with Crippen molar-refractivity contribution in [2.75, 3.05) is 0 Å². The third kappa shape index (κ3) is 1.60. The van der Waals surface area contributed by atoms with Crippen LogP contribution in [0.15, 0.2) is 30.5 Å². The van der Waals surface area contributed by atoms with Crippen LogP contribution < -0.4 is 0 Å². The fraction of sp³-hybridized carbons (Fsp3) is 0.250. The molecule has 0 radical (unpaired) electrons. The number of hydrogen-bond donors (Lipinski definition) is 0. The minimum Gasteiger partial charge on any atom is -0.254 e. The van der Waals surface area contributed by atoms with E-state index in [0.29, 0.717) is 5.92 Å². The first-order valence-electron chi connectivity index (χ1n) is 4.72. The van der Waals surface area contributed by atoms with Crippen molar-refractivity contribution in [2.45, 2.75) is 19.8 Å². The lowest BCUT2D eigenvalue weighted by Gasteiger charge is -2.06. The molecule has 0 amide bonds. The standard InChI is InChI=1S/C12H12ClN/c1-8(2)10-6-9-4-3-5-11(13)12(9)14-7-10/h3-8H,1-2H3. The molecule has 2 aromatic rings. The number of pyridine rings is 1. The van der Waals surface area contributed by atoms with Crippen LogP contribution in [0.2, 0.25) is 5.02 Å². The molecule has 0 aliphatic rings. The SMILES string of the molecule is CC(C)c1cnc2c(Cl)cccc2c1. The molecule has 0 N–H and O–H groups in total. The summed E-state index contributed by atoms with van der Waals surface area (Å²) in [6, 6.07) is 8.02. The molecule has 0 unspecified atom stereocenters. The zero-order valence-electron chi connectivity index (χ0n) is 8.29. The number of hydrogen-bond acceptors (Lipinski definition) is 1. The summed E-state index contributed by atoms with van der Waals surface area (Å²) in [7, 11) is 0. The van der Waals surface area contributed by atoms with Gasteiger partial charge in [-0.1, -0.05) is 37.6 Å². The van der Waals surface area contributed by atoms with E-state index in [1.807, 2.05) is 24.4 Å². The average molecular weight is 206 g/mol. The van der Waals surface area contributed by atoms with Gasteiger partial charge in [0.05, 0.1) is 10.5 Å². The Balaban J connectivity index is 2.67. The van der Waals surface area contributed by atoms with Crippen LogP contribution in [0, 0.1) is 0 Å². The number of nitrogens with zero attached hydrogens (tertiary/aromatic N) is 1. The maximum absolute atomic E-state index is 6.03. The average Bonchev–Trinajstić information content (AvgIpc) is 2.17. The summed E-state index contributed by atoms with van der Waals surface area (Å²) in [4.78, 5) is 4.37. The predicted molar refractivity (Wildman–Crippen MR) is 60.8 cm³/mol. The van der Waals surface area contributed by atoms with Crippen LogP contribution in [0.3, 0.4) is 0 Å². The maximum Gasteiger partial charge on any atom is 0.0888 e. The van der Waals surface area contributed by atoms with Crippen molar-refractivity contribution in [3.63, 3.8) is 0 Å². The van der Waals surface area contributed by atoms with Gasteiger partial charge in [0.1, 0.15) is 0 Å². The van der Waals surface area contributed by atoms with Crippen molar-refractivity contribution < 1.29 is 0 Å². The molecule has 14 heavy (non-hydrogen) atoms. The highest BCUT2D eigenvalue weighted by Crippen LogP contribution is 2.24. The lowest BCUT2D eigenvalue weighted by Crippen LogP contribution is -1.89. The smallest absolute Gasteiger partial charge is 0.0888 e. The largest absolute Gasteiger partial charge is 0.254 e. The molecule has 0 bridgehead atoms. The second kappa shape index (κ2) is 3.58. The molecule has 1 nitrogen and oxygen atoms in total. The van der Waals surface area contributed by atoms with Gasteiger partial charge in [-0.2, -0.15) is 0 Å². The van der Waals surface area contributed by atoms with E-state index in [1.165, 1.54) is 5.56 Å². The first-order valence-corrected chi connectivity index (χ1v) is 5.10. The van der Waals surface area contributed by atoms with Gasteiger partial charge in [-0.05, 0) is 23.6 Å². The van der Waals surface area contributed by atoms with E-state index in [9.17, 15) is 0 Å².